The lowest BCUT2D eigenvalue weighted by Crippen LogP contribution is -2.23. The normalized spacial score (nSPS) is 10.3. The quantitative estimate of drug-likeness (QED) is 0.735. The number of unbranched alkanes of at least 4 members (excludes halogenated alkanes) is 2. The molecule has 0 aliphatic rings. The van der Waals surface area contributed by atoms with Crippen molar-refractivity contribution in [2.24, 2.45) is 0 Å². The van der Waals surface area contributed by atoms with E-state index in [0.717, 1.165) is 19.3 Å². The largest absolute Gasteiger partial charge is 0.440 e. The van der Waals surface area contributed by atoms with Gasteiger partial charge < -0.3 is 14.8 Å². The minimum Gasteiger partial charge on any atom is -0.440 e. The summed E-state index contributed by atoms with van der Waals surface area (Å²) in [5.74, 6) is -0.0342. The van der Waals surface area contributed by atoms with Crippen molar-refractivity contribution in [3.05, 3.63) is 23.1 Å². The van der Waals surface area contributed by atoms with E-state index < -0.39 is 0 Å². The van der Waals surface area contributed by atoms with Gasteiger partial charge in [-0.1, -0.05) is 0 Å². The van der Waals surface area contributed by atoms with Crippen molar-refractivity contribution in [1.29, 1.82) is 0 Å². The van der Waals surface area contributed by atoms with Crippen LogP contribution in [0.2, 0.25) is 5.22 Å². The van der Waals surface area contributed by atoms with E-state index in [1.54, 1.807) is 0 Å². The van der Waals surface area contributed by atoms with Crippen LogP contribution in [0, 0.1) is 0 Å². The second kappa shape index (κ2) is 6.48. The van der Waals surface area contributed by atoms with E-state index in [9.17, 15) is 4.79 Å². The lowest BCUT2D eigenvalue weighted by Gasteiger charge is -2.01. The summed E-state index contributed by atoms with van der Waals surface area (Å²) in [6, 6.07) is 3.06. The molecule has 0 saturated heterocycles. The maximum atomic E-state index is 11.4. The van der Waals surface area contributed by atoms with E-state index in [2.05, 4.69) is 5.32 Å². The van der Waals surface area contributed by atoms with E-state index in [0.29, 0.717) is 6.54 Å². The highest BCUT2D eigenvalue weighted by atomic mass is 35.5. The number of rotatable bonds is 6. The highest BCUT2D eigenvalue weighted by Crippen LogP contribution is 2.12. The number of aliphatic hydroxyl groups is 1. The average molecular weight is 232 g/mol. The van der Waals surface area contributed by atoms with Gasteiger partial charge >= 0.3 is 0 Å². The van der Waals surface area contributed by atoms with Crippen LogP contribution in [0.4, 0.5) is 0 Å². The summed E-state index contributed by atoms with van der Waals surface area (Å²) in [7, 11) is 0. The summed E-state index contributed by atoms with van der Waals surface area (Å²) in [5.41, 5.74) is 0. The lowest BCUT2D eigenvalue weighted by molar-refractivity contribution is 0.0925. The van der Waals surface area contributed by atoms with Crippen LogP contribution in [-0.4, -0.2) is 24.2 Å². The fraction of sp³-hybridized carbons (Fsp3) is 0.500. The van der Waals surface area contributed by atoms with Crippen LogP contribution >= 0.6 is 11.6 Å². The first kappa shape index (κ1) is 12.1. The molecule has 4 nitrogen and oxygen atoms in total. The first-order valence-electron chi connectivity index (χ1n) is 4.88. The summed E-state index contributed by atoms with van der Waals surface area (Å²) < 4.78 is 4.94. The van der Waals surface area contributed by atoms with E-state index >= 15 is 0 Å². The van der Waals surface area contributed by atoms with Gasteiger partial charge in [0.15, 0.2) is 11.0 Å². The van der Waals surface area contributed by atoms with Crippen LogP contribution < -0.4 is 5.32 Å². The Morgan fingerprint density at radius 1 is 1.40 bits per heavy atom. The molecule has 0 fully saturated rings. The van der Waals surface area contributed by atoms with Gasteiger partial charge in [-0.2, -0.15) is 0 Å². The summed E-state index contributed by atoms with van der Waals surface area (Å²) in [6.45, 7) is 0.777. The Labute approximate surface area is 93.2 Å². The number of carbonyl (C=O) groups excluding carboxylic acids is 1. The smallest absolute Gasteiger partial charge is 0.287 e. The van der Waals surface area contributed by atoms with E-state index in [-0.39, 0.29) is 23.5 Å². The number of furan rings is 1. The maximum Gasteiger partial charge on any atom is 0.287 e. The molecule has 84 valence electrons. The van der Waals surface area contributed by atoms with Gasteiger partial charge in [-0.05, 0) is 43.0 Å². The Balaban J connectivity index is 2.19. The van der Waals surface area contributed by atoms with Gasteiger partial charge in [-0.15, -0.1) is 0 Å². The van der Waals surface area contributed by atoms with Crippen LogP contribution in [0.3, 0.4) is 0 Å². The van der Waals surface area contributed by atoms with Crippen LogP contribution in [0.1, 0.15) is 29.8 Å². The van der Waals surface area contributed by atoms with Crippen LogP contribution in [0.15, 0.2) is 16.5 Å². The van der Waals surface area contributed by atoms with Gasteiger partial charge in [0.1, 0.15) is 0 Å². The molecule has 2 N–H and O–H groups in total. The minimum atomic E-state index is -0.258. The third-order valence-electron chi connectivity index (χ3n) is 1.92. The van der Waals surface area contributed by atoms with Gasteiger partial charge in [-0.25, -0.2) is 0 Å². The molecule has 0 unspecified atom stereocenters. The topological polar surface area (TPSA) is 62.5 Å². The number of amides is 1. The summed E-state index contributed by atoms with van der Waals surface area (Å²) >= 11 is 5.53. The number of carbonyl (C=O) groups is 1. The van der Waals surface area contributed by atoms with Gasteiger partial charge in [0.05, 0.1) is 0 Å². The highest BCUT2D eigenvalue weighted by molar-refractivity contribution is 6.29. The fourth-order valence-electron chi connectivity index (χ4n) is 1.14. The number of nitrogens with one attached hydrogen (secondary N) is 1. The Morgan fingerprint density at radius 2 is 2.20 bits per heavy atom. The molecule has 0 spiro atoms. The van der Waals surface area contributed by atoms with Gasteiger partial charge in [-0.3, -0.25) is 4.79 Å². The minimum absolute atomic E-state index is 0.196. The zero-order valence-electron chi connectivity index (χ0n) is 8.33. The third kappa shape index (κ3) is 4.36. The van der Waals surface area contributed by atoms with Crippen molar-refractivity contribution in [1.82, 2.24) is 5.32 Å². The Morgan fingerprint density at radius 3 is 2.80 bits per heavy atom. The zero-order chi connectivity index (χ0) is 11.1. The Bertz CT molecular complexity index is 311. The van der Waals surface area contributed by atoms with Crippen LogP contribution in [0.5, 0.6) is 0 Å². The number of aliphatic hydroxyl groups excluding tert-OH is 1. The van der Waals surface area contributed by atoms with E-state index in [1.165, 1.54) is 12.1 Å². The molecule has 1 heterocycles. The molecular weight excluding hydrogens is 218 g/mol. The average Bonchev–Trinajstić information content (AvgIpc) is 2.64. The highest BCUT2D eigenvalue weighted by Gasteiger charge is 2.08. The molecule has 1 aromatic heterocycles. The van der Waals surface area contributed by atoms with Crippen LogP contribution in [0.25, 0.3) is 0 Å². The summed E-state index contributed by atoms with van der Waals surface area (Å²) in [4.78, 5) is 11.4. The molecule has 0 saturated carbocycles. The standard InChI is InChI=1S/C10H14ClNO3/c11-9-5-4-8(15-9)10(14)12-6-2-1-3-7-13/h4-5,13H,1-3,6-7H2,(H,12,14). The molecule has 0 aliphatic heterocycles. The Hall–Kier alpha value is -1.00. The molecule has 0 aliphatic carbocycles. The van der Waals surface area contributed by atoms with Gasteiger partial charge in [0.2, 0.25) is 0 Å². The molecule has 1 aromatic rings. The fourth-order valence-corrected chi connectivity index (χ4v) is 1.29. The molecule has 15 heavy (non-hydrogen) atoms. The first-order chi connectivity index (χ1) is 7.24. The monoisotopic (exact) mass is 231 g/mol. The van der Waals surface area contributed by atoms with Gasteiger partial charge in [0.25, 0.3) is 5.91 Å². The number of hydrogen-bond donors (Lipinski definition) is 2. The number of hydrogen-bond acceptors (Lipinski definition) is 3. The molecule has 1 amide bonds. The zero-order valence-corrected chi connectivity index (χ0v) is 9.09. The molecule has 5 heteroatoms. The predicted octanol–water partition coefficient (Wildman–Crippen LogP) is 1.83. The molecular formula is C10H14ClNO3. The summed E-state index contributed by atoms with van der Waals surface area (Å²) in [5, 5.41) is 11.4. The number of halogens is 1. The van der Waals surface area contributed by atoms with Crippen LogP contribution in [-0.2, 0) is 0 Å². The third-order valence-corrected chi connectivity index (χ3v) is 2.12. The molecule has 0 bridgehead atoms. The molecule has 0 atom stereocenters. The lowest BCUT2D eigenvalue weighted by atomic mass is 10.2. The summed E-state index contributed by atoms with van der Waals surface area (Å²) in [6.07, 6.45) is 2.51. The van der Waals surface area contributed by atoms with Crippen molar-refractivity contribution in [3.63, 3.8) is 0 Å². The van der Waals surface area contributed by atoms with Crippen molar-refractivity contribution in [3.8, 4) is 0 Å². The van der Waals surface area contributed by atoms with Crippen molar-refractivity contribution >= 4 is 17.5 Å². The van der Waals surface area contributed by atoms with Gasteiger partial charge in [0, 0.05) is 13.2 Å². The van der Waals surface area contributed by atoms with E-state index in [1.807, 2.05) is 0 Å². The maximum absolute atomic E-state index is 11.4. The van der Waals surface area contributed by atoms with E-state index in [4.69, 9.17) is 21.1 Å². The second-order valence-electron chi connectivity index (χ2n) is 3.14. The van der Waals surface area contributed by atoms with Crippen molar-refractivity contribution in [2.75, 3.05) is 13.2 Å². The SMILES string of the molecule is O=C(NCCCCCO)c1ccc(Cl)o1. The predicted molar refractivity (Wildman–Crippen MR) is 57.0 cm³/mol. The first-order valence-corrected chi connectivity index (χ1v) is 5.26. The molecule has 0 aromatic carbocycles. The Kier molecular flexibility index (Phi) is 5.21. The molecule has 0 radical (unpaired) electrons. The molecule has 1 rings (SSSR count). The second-order valence-corrected chi connectivity index (χ2v) is 3.52. The van der Waals surface area contributed by atoms with Crippen molar-refractivity contribution in [2.45, 2.75) is 19.3 Å². The van der Waals surface area contributed by atoms with Crippen molar-refractivity contribution < 1.29 is 14.3 Å².